The predicted octanol–water partition coefficient (Wildman–Crippen LogP) is 5.75. The van der Waals surface area contributed by atoms with Gasteiger partial charge < -0.3 is 9.47 Å². The molecule has 150 valence electrons. The van der Waals surface area contributed by atoms with Crippen LogP contribution in [0, 0.1) is 5.82 Å². The highest BCUT2D eigenvalue weighted by atomic mass is 35.5. The lowest BCUT2D eigenvalue weighted by molar-refractivity contribution is 0.174. The SMILES string of the molecule is Fc1cccc(Cl)c1CSc1nnc(-c2ccc3c(c2)OCO3)n1-c1ccccc1. The van der Waals surface area contributed by atoms with Gasteiger partial charge in [-0.1, -0.05) is 47.6 Å². The third kappa shape index (κ3) is 3.51. The summed E-state index contributed by atoms with van der Waals surface area (Å²) in [5.74, 6) is 2.02. The van der Waals surface area contributed by atoms with Crippen LogP contribution >= 0.6 is 23.4 Å². The summed E-state index contributed by atoms with van der Waals surface area (Å²) in [5.41, 5.74) is 2.18. The molecular weight excluding hydrogens is 425 g/mol. The van der Waals surface area contributed by atoms with E-state index in [0.717, 1.165) is 11.3 Å². The van der Waals surface area contributed by atoms with Crippen LogP contribution in [0.15, 0.2) is 71.9 Å². The second-order valence-electron chi connectivity index (χ2n) is 6.53. The van der Waals surface area contributed by atoms with Crippen LogP contribution in [0.3, 0.4) is 0 Å². The fraction of sp³-hybridized carbons (Fsp3) is 0.0909. The minimum Gasteiger partial charge on any atom is -0.454 e. The zero-order valence-electron chi connectivity index (χ0n) is 15.6. The zero-order valence-corrected chi connectivity index (χ0v) is 17.2. The Morgan fingerprint density at radius 2 is 1.80 bits per heavy atom. The standard InChI is InChI=1S/C22H15ClFN3O2S/c23-17-7-4-8-18(24)16(17)12-30-22-26-25-21(27(22)15-5-2-1-3-6-15)14-9-10-19-20(11-14)29-13-28-19/h1-11H,12-13H2. The summed E-state index contributed by atoms with van der Waals surface area (Å²) in [7, 11) is 0. The van der Waals surface area contributed by atoms with Crippen LogP contribution in [-0.2, 0) is 5.75 Å². The molecule has 30 heavy (non-hydrogen) atoms. The van der Waals surface area contributed by atoms with Gasteiger partial charge in [-0.3, -0.25) is 4.57 Å². The van der Waals surface area contributed by atoms with Crippen LogP contribution in [0.2, 0.25) is 5.02 Å². The highest BCUT2D eigenvalue weighted by Gasteiger charge is 2.20. The van der Waals surface area contributed by atoms with Crippen molar-refractivity contribution in [1.29, 1.82) is 0 Å². The van der Waals surface area contributed by atoms with E-state index in [9.17, 15) is 4.39 Å². The first-order valence-electron chi connectivity index (χ1n) is 9.17. The molecule has 0 bridgehead atoms. The molecular formula is C22H15ClFN3O2S. The summed E-state index contributed by atoms with van der Waals surface area (Å²) < 4.78 is 27.1. The van der Waals surface area contributed by atoms with Crippen LogP contribution in [0.5, 0.6) is 11.5 Å². The van der Waals surface area contributed by atoms with Gasteiger partial charge in [0.05, 0.1) is 0 Å². The molecule has 0 unspecified atom stereocenters. The van der Waals surface area contributed by atoms with E-state index in [1.165, 1.54) is 17.8 Å². The predicted molar refractivity (Wildman–Crippen MR) is 114 cm³/mol. The maximum absolute atomic E-state index is 14.2. The lowest BCUT2D eigenvalue weighted by atomic mass is 10.2. The average molecular weight is 440 g/mol. The molecule has 3 aromatic carbocycles. The Bertz CT molecular complexity index is 1200. The average Bonchev–Trinajstić information content (AvgIpc) is 3.40. The van der Waals surface area contributed by atoms with Gasteiger partial charge in [-0.05, 0) is 42.5 Å². The fourth-order valence-electron chi connectivity index (χ4n) is 3.20. The number of aromatic nitrogens is 3. The molecule has 5 rings (SSSR count). The Morgan fingerprint density at radius 3 is 2.63 bits per heavy atom. The molecule has 2 heterocycles. The van der Waals surface area contributed by atoms with Crippen LogP contribution < -0.4 is 9.47 Å². The fourth-order valence-corrected chi connectivity index (χ4v) is 4.50. The van der Waals surface area contributed by atoms with Crippen molar-refractivity contribution in [2.24, 2.45) is 0 Å². The van der Waals surface area contributed by atoms with Crippen molar-refractivity contribution in [1.82, 2.24) is 14.8 Å². The number of ether oxygens (including phenoxy) is 2. The van der Waals surface area contributed by atoms with E-state index >= 15 is 0 Å². The number of halogens is 2. The van der Waals surface area contributed by atoms with E-state index in [1.54, 1.807) is 12.1 Å². The summed E-state index contributed by atoms with van der Waals surface area (Å²) in [4.78, 5) is 0. The van der Waals surface area contributed by atoms with E-state index in [2.05, 4.69) is 10.2 Å². The summed E-state index contributed by atoms with van der Waals surface area (Å²) >= 11 is 7.56. The minimum absolute atomic E-state index is 0.203. The zero-order chi connectivity index (χ0) is 20.5. The molecule has 1 aliphatic rings. The number of hydrogen-bond acceptors (Lipinski definition) is 5. The van der Waals surface area contributed by atoms with Gasteiger partial charge in [-0.25, -0.2) is 4.39 Å². The molecule has 5 nitrogen and oxygen atoms in total. The Morgan fingerprint density at radius 1 is 0.967 bits per heavy atom. The highest BCUT2D eigenvalue weighted by Crippen LogP contribution is 2.37. The molecule has 0 fully saturated rings. The summed E-state index contributed by atoms with van der Waals surface area (Å²) in [5, 5.41) is 9.82. The third-order valence-corrected chi connectivity index (χ3v) is 6.00. The molecule has 0 radical (unpaired) electrons. The Balaban J connectivity index is 1.55. The number of thioether (sulfide) groups is 1. The highest BCUT2D eigenvalue weighted by molar-refractivity contribution is 7.98. The molecule has 4 aromatic rings. The number of rotatable bonds is 5. The van der Waals surface area contributed by atoms with Crippen molar-refractivity contribution in [2.45, 2.75) is 10.9 Å². The van der Waals surface area contributed by atoms with Gasteiger partial charge in [-0.15, -0.1) is 10.2 Å². The van der Waals surface area contributed by atoms with E-state index < -0.39 is 0 Å². The van der Waals surface area contributed by atoms with Crippen molar-refractivity contribution >= 4 is 23.4 Å². The van der Waals surface area contributed by atoms with E-state index in [0.29, 0.717) is 38.8 Å². The lowest BCUT2D eigenvalue weighted by Crippen LogP contribution is -2.00. The number of para-hydroxylation sites is 1. The largest absolute Gasteiger partial charge is 0.454 e. The normalized spacial score (nSPS) is 12.3. The van der Waals surface area contributed by atoms with Crippen LogP contribution in [0.1, 0.15) is 5.56 Å². The first kappa shape index (κ1) is 19.0. The third-order valence-electron chi connectivity index (χ3n) is 4.69. The van der Waals surface area contributed by atoms with Gasteiger partial charge in [0.15, 0.2) is 22.5 Å². The molecule has 0 atom stereocenters. The summed E-state index contributed by atoms with van der Waals surface area (Å²) in [6.07, 6.45) is 0. The Labute approximate surface area is 181 Å². The number of hydrogen-bond donors (Lipinski definition) is 0. The Hall–Kier alpha value is -3.03. The number of fused-ring (bicyclic) bond motifs is 1. The van der Waals surface area contributed by atoms with Gasteiger partial charge in [0.1, 0.15) is 5.82 Å². The first-order valence-corrected chi connectivity index (χ1v) is 10.5. The molecule has 0 aliphatic carbocycles. The molecule has 1 aromatic heterocycles. The molecule has 0 N–H and O–H groups in total. The number of benzene rings is 3. The summed E-state index contributed by atoms with van der Waals surface area (Å²) in [6.45, 7) is 0.203. The van der Waals surface area contributed by atoms with Crippen LogP contribution in [-0.4, -0.2) is 21.6 Å². The van der Waals surface area contributed by atoms with Gasteiger partial charge in [0.2, 0.25) is 6.79 Å². The van der Waals surface area contributed by atoms with Crippen molar-refractivity contribution in [3.05, 3.63) is 83.1 Å². The second-order valence-corrected chi connectivity index (χ2v) is 7.88. The van der Waals surface area contributed by atoms with Gasteiger partial charge in [-0.2, -0.15) is 0 Å². The molecule has 0 saturated carbocycles. The van der Waals surface area contributed by atoms with Crippen molar-refractivity contribution < 1.29 is 13.9 Å². The van der Waals surface area contributed by atoms with Crippen molar-refractivity contribution in [3.63, 3.8) is 0 Å². The van der Waals surface area contributed by atoms with Gasteiger partial charge >= 0.3 is 0 Å². The van der Waals surface area contributed by atoms with Gasteiger partial charge in [0, 0.05) is 27.6 Å². The molecule has 8 heteroatoms. The maximum Gasteiger partial charge on any atom is 0.231 e. The molecule has 0 amide bonds. The smallest absolute Gasteiger partial charge is 0.231 e. The minimum atomic E-state index is -0.336. The van der Waals surface area contributed by atoms with E-state index in [4.69, 9.17) is 21.1 Å². The van der Waals surface area contributed by atoms with Gasteiger partial charge in [0.25, 0.3) is 0 Å². The summed E-state index contributed by atoms with van der Waals surface area (Å²) in [6, 6.07) is 20.1. The first-order chi connectivity index (χ1) is 14.7. The second kappa shape index (κ2) is 8.01. The van der Waals surface area contributed by atoms with Crippen molar-refractivity contribution in [3.8, 4) is 28.6 Å². The molecule has 0 saturated heterocycles. The van der Waals surface area contributed by atoms with E-state index in [1.807, 2.05) is 53.1 Å². The van der Waals surface area contributed by atoms with Crippen LogP contribution in [0.25, 0.3) is 17.1 Å². The monoisotopic (exact) mass is 439 g/mol. The Kier molecular flexibility index (Phi) is 5.06. The van der Waals surface area contributed by atoms with E-state index in [-0.39, 0.29) is 12.6 Å². The van der Waals surface area contributed by atoms with Crippen molar-refractivity contribution in [2.75, 3.05) is 6.79 Å². The molecule has 0 spiro atoms. The topological polar surface area (TPSA) is 49.2 Å². The quantitative estimate of drug-likeness (QED) is 0.371. The lowest BCUT2D eigenvalue weighted by Gasteiger charge is -2.11. The maximum atomic E-state index is 14.2. The number of nitrogens with zero attached hydrogens (tertiary/aromatic N) is 3. The molecule has 1 aliphatic heterocycles. The van der Waals surface area contributed by atoms with Crippen LogP contribution in [0.4, 0.5) is 4.39 Å².